The number of fused-ring (bicyclic) bond motifs is 1. The van der Waals surface area contributed by atoms with Gasteiger partial charge >= 0.3 is 5.69 Å². The van der Waals surface area contributed by atoms with Crippen molar-refractivity contribution in [3.63, 3.8) is 0 Å². The lowest BCUT2D eigenvalue weighted by atomic mass is 9.91. The molecule has 3 N–H and O–H groups in total. The maximum Gasteiger partial charge on any atom is 0.326 e. The molecule has 0 unspecified atom stereocenters. The number of nitrogens with one attached hydrogen (secondary N) is 1. The lowest BCUT2D eigenvalue weighted by Gasteiger charge is -2.26. The van der Waals surface area contributed by atoms with Crippen LogP contribution in [0.25, 0.3) is 11.0 Å². The quantitative estimate of drug-likeness (QED) is 0.813. The van der Waals surface area contributed by atoms with Crippen LogP contribution in [0.15, 0.2) is 23.0 Å². The molecule has 5 nitrogen and oxygen atoms in total. The van der Waals surface area contributed by atoms with Gasteiger partial charge in [-0.15, -0.1) is 0 Å². The number of nitrogens with zero attached hydrogens (tertiary/aromatic N) is 2. The number of nitrogens with two attached hydrogens (primary N) is 1. The van der Waals surface area contributed by atoms with Crippen LogP contribution in [-0.2, 0) is 0 Å². The number of hydrogen-bond donors (Lipinski definition) is 2. The number of benzene rings is 1. The van der Waals surface area contributed by atoms with E-state index < -0.39 is 0 Å². The first-order chi connectivity index (χ1) is 9.19. The van der Waals surface area contributed by atoms with Crippen LogP contribution in [0.3, 0.4) is 0 Å². The van der Waals surface area contributed by atoms with Gasteiger partial charge in [0.15, 0.2) is 0 Å². The maximum atomic E-state index is 12.1. The fraction of sp³-hybridized carbons (Fsp3) is 0.429. The van der Waals surface area contributed by atoms with Crippen molar-refractivity contribution in [2.45, 2.75) is 37.8 Å². The lowest BCUT2D eigenvalue weighted by Crippen LogP contribution is -2.31. The standard InChI is InChI=1S/C14H16N4O/c15-8-9-1-6-13-12(7-9)17-14(19)18(13)11-4-2-10(16)3-5-11/h1,6-7,10-11H,2-5,16H2,(H,17,19). The van der Waals surface area contributed by atoms with Crippen LogP contribution in [0, 0.1) is 11.3 Å². The van der Waals surface area contributed by atoms with Crippen molar-refractivity contribution in [1.82, 2.24) is 9.55 Å². The molecule has 0 radical (unpaired) electrons. The summed E-state index contributed by atoms with van der Waals surface area (Å²) in [5.74, 6) is 0. The second-order valence-corrected chi connectivity index (χ2v) is 5.21. The summed E-state index contributed by atoms with van der Waals surface area (Å²) in [6.45, 7) is 0. The average molecular weight is 256 g/mol. The third-order valence-corrected chi connectivity index (χ3v) is 3.95. The molecule has 0 atom stereocenters. The smallest absolute Gasteiger partial charge is 0.326 e. The fourth-order valence-corrected chi connectivity index (χ4v) is 2.92. The summed E-state index contributed by atoms with van der Waals surface area (Å²) in [5.41, 5.74) is 7.99. The molecule has 2 aromatic rings. The Kier molecular flexibility index (Phi) is 2.88. The van der Waals surface area contributed by atoms with Gasteiger partial charge in [-0.05, 0) is 43.9 Å². The van der Waals surface area contributed by atoms with Gasteiger partial charge in [0.2, 0.25) is 0 Å². The molecule has 3 rings (SSSR count). The van der Waals surface area contributed by atoms with Crippen LogP contribution >= 0.6 is 0 Å². The van der Waals surface area contributed by atoms with Gasteiger partial charge < -0.3 is 10.7 Å². The molecule has 0 bridgehead atoms. The van der Waals surface area contributed by atoms with Crippen molar-refractivity contribution in [2.24, 2.45) is 5.73 Å². The van der Waals surface area contributed by atoms with E-state index in [0.717, 1.165) is 36.7 Å². The number of H-pyrrole nitrogens is 1. The highest BCUT2D eigenvalue weighted by molar-refractivity contribution is 5.77. The minimum absolute atomic E-state index is 0.0921. The van der Waals surface area contributed by atoms with Crippen molar-refractivity contribution in [2.75, 3.05) is 0 Å². The van der Waals surface area contributed by atoms with Gasteiger partial charge in [-0.3, -0.25) is 4.57 Å². The van der Waals surface area contributed by atoms with Crippen molar-refractivity contribution < 1.29 is 0 Å². The summed E-state index contributed by atoms with van der Waals surface area (Å²) < 4.78 is 1.82. The molecule has 1 saturated carbocycles. The fourth-order valence-electron chi connectivity index (χ4n) is 2.92. The molecule has 0 aliphatic heterocycles. The summed E-state index contributed by atoms with van der Waals surface area (Å²) in [4.78, 5) is 14.9. The molecule has 1 aromatic carbocycles. The Morgan fingerprint density at radius 1 is 1.32 bits per heavy atom. The lowest BCUT2D eigenvalue weighted by molar-refractivity contribution is 0.324. The van der Waals surface area contributed by atoms with E-state index in [1.807, 2.05) is 10.6 Å². The first-order valence-corrected chi connectivity index (χ1v) is 6.59. The van der Waals surface area contributed by atoms with Crippen LogP contribution < -0.4 is 11.4 Å². The van der Waals surface area contributed by atoms with E-state index in [1.54, 1.807) is 12.1 Å². The largest absolute Gasteiger partial charge is 0.328 e. The van der Waals surface area contributed by atoms with Gasteiger partial charge in [0.1, 0.15) is 0 Å². The van der Waals surface area contributed by atoms with Crippen LogP contribution in [0.5, 0.6) is 0 Å². The van der Waals surface area contributed by atoms with Crippen molar-refractivity contribution >= 4 is 11.0 Å². The topological polar surface area (TPSA) is 87.6 Å². The highest BCUT2D eigenvalue weighted by Gasteiger charge is 2.23. The Labute approximate surface area is 110 Å². The van der Waals surface area contributed by atoms with Crippen LogP contribution in [-0.4, -0.2) is 15.6 Å². The van der Waals surface area contributed by atoms with E-state index in [1.165, 1.54) is 0 Å². The first kappa shape index (κ1) is 12.0. The maximum absolute atomic E-state index is 12.1. The van der Waals surface area contributed by atoms with Gasteiger partial charge in [-0.2, -0.15) is 5.26 Å². The molecular weight excluding hydrogens is 240 g/mol. The molecule has 1 aliphatic rings. The van der Waals surface area contributed by atoms with Crippen LogP contribution in [0.4, 0.5) is 0 Å². The molecule has 0 saturated heterocycles. The predicted molar refractivity (Wildman–Crippen MR) is 72.8 cm³/mol. The zero-order chi connectivity index (χ0) is 13.4. The van der Waals surface area contributed by atoms with Gasteiger partial charge in [-0.1, -0.05) is 0 Å². The summed E-state index contributed by atoms with van der Waals surface area (Å²) in [5, 5.41) is 8.89. The number of aromatic nitrogens is 2. The predicted octanol–water partition coefficient (Wildman–Crippen LogP) is 1.64. The van der Waals surface area contributed by atoms with Crippen LogP contribution in [0.2, 0.25) is 0 Å². The van der Waals surface area contributed by atoms with Crippen molar-refractivity contribution in [3.8, 4) is 6.07 Å². The highest BCUT2D eigenvalue weighted by Crippen LogP contribution is 2.29. The molecule has 1 aromatic heterocycles. The molecule has 0 amide bonds. The molecule has 1 fully saturated rings. The Balaban J connectivity index is 2.06. The van der Waals surface area contributed by atoms with Crippen molar-refractivity contribution in [1.29, 1.82) is 5.26 Å². The summed E-state index contributed by atoms with van der Waals surface area (Å²) in [6.07, 6.45) is 3.79. The van der Waals surface area contributed by atoms with Gasteiger partial charge in [0, 0.05) is 12.1 Å². The third kappa shape index (κ3) is 2.04. The SMILES string of the molecule is N#Cc1ccc2c(c1)[nH]c(=O)n2C1CCC(N)CC1. The number of hydrogen-bond acceptors (Lipinski definition) is 3. The Bertz CT molecular complexity index is 698. The molecular formula is C14H16N4O. The van der Waals surface area contributed by atoms with E-state index in [4.69, 9.17) is 11.0 Å². The normalized spacial score (nSPS) is 23.4. The first-order valence-electron chi connectivity index (χ1n) is 6.59. The minimum atomic E-state index is -0.0921. The second-order valence-electron chi connectivity index (χ2n) is 5.21. The van der Waals surface area contributed by atoms with E-state index in [-0.39, 0.29) is 17.8 Å². The second kappa shape index (κ2) is 4.56. The number of imidazole rings is 1. The van der Waals surface area contributed by atoms with Gasteiger partial charge in [0.05, 0.1) is 22.7 Å². The van der Waals surface area contributed by atoms with Gasteiger partial charge in [0.25, 0.3) is 0 Å². The summed E-state index contributed by atoms with van der Waals surface area (Å²) >= 11 is 0. The molecule has 1 heterocycles. The van der Waals surface area contributed by atoms with Crippen LogP contribution in [0.1, 0.15) is 37.3 Å². The molecule has 5 heteroatoms. The Hall–Kier alpha value is -2.06. The average Bonchev–Trinajstić information content (AvgIpc) is 2.74. The Morgan fingerprint density at radius 3 is 2.74 bits per heavy atom. The highest BCUT2D eigenvalue weighted by atomic mass is 16.1. The number of aromatic amines is 1. The van der Waals surface area contributed by atoms with E-state index in [0.29, 0.717) is 5.56 Å². The number of rotatable bonds is 1. The zero-order valence-corrected chi connectivity index (χ0v) is 10.6. The molecule has 98 valence electrons. The number of nitriles is 1. The van der Waals surface area contributed by atoms with Crippen molar-refractivity contribution in [3.05, 3.63) is 34.2 Å². The van der Waals surface area contributed by atoms with E-state index >= 15 is 0 Å². The summed E-state index contributed by atoms with van der Waals surface area (Å²) in [6, 6.07) is 7.89. The summed E-state index contributed by atoms with van der Waals surface area (Å²) in [7, 11) is 0. The zero-order valence-electron chi connectivity index (χ0n) is 10.6. The van der Waals surface area contributed by atoms with E-state index in [2.05, 4.69) is 11.1 Å². The van der Waals surface area contributed by atoms with E-state index in [9.17, 15) is 4.79 Å². The Morgan fingerprint density at radius 2 is 2.05 bits per heavy atom. The minimum Gasteiger partial charge on any atom is -0.328 e. The molecule has 19 heavy (non-hydrogen) atoms. The third-order valence-electron chi connectivity index (χ3n) is 3.95. The molecule has 1 aliphatic carbocycles. The monoisotopic (exact) mass is 256 g/mol. The van der Waals surface area contributed by atoms with Gasteiger partial charge in [-0.25, -0.2) is 4.79 Å². The molecule has 0 spiro atoms.